The van der Waals surface area contributed by atoms with Crippen molar-refractivity contribution in [1.29, 1.82) is 0 Å². The minimum absolute atomic E-state index is 0.00267. The van der Waals surface area contributed by atoms with Gasteiger partial charge in [-0.3, -0.25) is 4.98 Å². The summed E-state index contributed by atoms with van der Waals surface area (Å²) in [5.41, 5.74) is 3.83. The Morgan fingerprint density at radius 1 is 1.17 bits per heavy atom. The highest BCUT2D eigenvalue weighted by Gasteiger charge is 2.12. The first kappa shape index (κ1) is 15.9. The van der Waals surface area contributed by atoms with E-state index in [2.05, 4.69) is 4.98 Å². The lowest BCUT2D eigenvalue weighted by Gasteiger charge is -2.09. The van der Waals surface area contributed by atoms with E-state index in [1.807, 2.05) is 32.9 Å². The summed E-state index contributed by atoms with van der Waals surface area (Å²) in [6.07, 6.45) is 1.47. The predicted molar refractivity (Wildman–Crippen MR) is 90.1 cm³/mol. The van der Waals surface area contributed by atoms with Gasteiger partial charge in [-0.1, -0.05) is 12.1 Å². The molecule has 24 heavy (non-hydrogen) atoms. The smallest absolute Gasteiger partial charge is 0.340 e. The van der Waals surface area contributed by atoms with Crippen LogP contribution in [0.2, 0.25) is 0 Å². The van der Waals surface area contributed by atoms with Crippen LogP contribution in [0.5, 0.6) is 0 Å². The summed E-state index contributed by atoms with van der Waals surface area (Å²) in [7, 11) is 0. The molecule has 5 heteroatoms. The second-order valence-corrected chi connectivity index (χ2v) is 5.74. The Morgan fingerprint density at radius 3 is 2.67 bits per heavy atom. The first-order valence-electron chi connectivity index (χ1n) is 7.58. The van der Waals surface area contributed by atoms with E-state index in [1.165, 1.54) is 12.3 Å². The Balaban J connectivity index is 1.90. The summed E-state index contributed by atoms with van der Waals surface area (Å²) in [6.45, 7) is 5.69. The van der Waals surface area contributed by atoms with Crippen LogP contribution in [0.1, 0.15) is 32.7 Å². The third kappa shape index (κ3) is 3.06. The zero-order chi connectivity index (χ0) is 17.3. The molecule has 2 heterocycles. The lowest BCUT2D eigenvalue weighted by atomic mass is 10.0. The Hall–Kier alpha value is -2.95. The van der Waals surface area contributed by atoms with Gasteiger partial charge in [0.05, 0.1) is 5.56 Å². The summed E-state index contributed by atoms with van der Waals surface area (Å²) in [6, 6.07) is 8.59. The molecule has 2 aromatic heterocycles. The SMILES string of the molecule is Cc1ccc(C(=O)OCc2cc(=O)oc3c(C)c(C)ccc23)cn1. The molecule has 5 nitrogen and oxygen atoms in total. The van der Waals surface area contributed by atoms with Gasteiger partial charge in [0.15, 0.2) is 0 Å². The molecule has 3 aromatic rings. The number of carbonyl (C=O) groups excluding carboxylic acids is 1. The maximum atomic E-state index is 12.1. The fourth-order valence-electron chi connectivity index (χ4n) is 2.46. The Labute approximate surface area is 138 Å². The molecule has 3 rings (SSSR count). The molecule has 122 valence electrons. The molecule has 0 saturated carbocycles. The molecule has 0 unspecified atom stereocenters. The van der Waals surface area contributed by atoms with Gasteiger partial charge in [-0.25, -0.2) is 9.59 Å². The summed E-state index contributed by atoms with van der Waals surface area (Å²) >= 11 is 0. The zero-order valence-electron chi connectivity index (χ0n) is 13.8. The zero-order valence-corrected chi connectivity index (χ0v) is 13.8. The summed E-state index contributed by atoms with van der Waals surface area (Å²) in [5.74, 6) is -0.479. The molecule has 0 fully saturated rings. The highest BCUT2D eigenvalue weighted by molar-refractivity contribution is 5.89. The summed E-state index contributed by atoms with van der Waals surface area (Å²) in [5, 5.41) is 0.771. The lowest BCUT2D eigenvalue weighted by Crippen LogP contribution is -2.08. The Kier molecular flexibility index (Phi) is 4.16. The second kappa shape index (κ2) is 6.28. The van der Waals surface area contributed by atoms with Crippen molar-refractivity contribution in [2.45, 2.75) is 27.4 Å². The van der Waals surface area contributed by atoms with Crippen molar-refractivity contribution in [1.82, 2.24) is 4.98 Å². The van der Waals surface area contributed by atoms with Gasteiger partial charge < -0.3 is 9.15 Å². The van der Waals surface area contributed by atoms with Gasteiger partial charge in [-0.2, -0.15) is 0 Å². The topological polar surface area (TPSA) is 69.4 Å². The van der Waals surface area contributed by atoms with Crippen molar-refractivity contribution in [3.8, 4) is 0 Å². The molecular weight excluding hydrogens is 306 g/mol. The van der Waals surface area contributed by atoms with Crippen LogP contribution in [-0.2, 0) is 11.3 Å². The quantitative estimate of drug-likeness (QED) is 0.545. The van der Waals surface area contributed by atoms with Gasteiger partial charge in [0.25, 0.3) is 0 Å². The van der Waals surface area contributed by atoms with E-state index in [0.717, 1.165) is 22.2 Å². The molecular formula is C19H17NO4. The van der Waals surface area contributed by atoms with Crippen molar-refractivity contribution >= 4 is 16.9 Å². The average molecular weight is 323 g/mol. The van der Waals surface area contributed by atoms with Crippen molar-refractivity contribution in [3.63, 3.8) is 0 Å². The number of rotatable bonds is 3. The fourth-order valence-corrected chi connectivity index (χ4v) is 2.46. The van der Waals surface area contributed by atoms with Crippen molar-refractivity contribution in [2.24, 2.45) is 0 Å². The van der Waals surface area contributed by atoms with Gasteiger partial charge in [-0.05, 0) is 44.0 Å². The van der Waals surface area contributed by atoms with Crippen LogP contribution in [0.3, 0.4) is 0 Å². The highest BCUT2D eigenvalue weighted by atomic mass is 16.5. The van der Waals surface area contributed by atoms with E-state index in [-0.39, 0.29) is 6.61 Å². The molecule has 0 aliphatic rings. The van der Waals surface area contributed by atoms with Crippen LogP contribution in [-0.4, -0.2) is 11.0 Å². The van der Waals surface area contributed by atoms with Crippen LogP contribution in [0.15, 0.2) is 45.7 Å². The number of hydrogen-bond donors (Lipinski definition) is 0. The maximum Gasteiger partial charge on any atom is 0.340 e. The van der Waals surface area contributed by atoms with Gasteiger partial charge in [0, 0.05) is 28.9 Å². The van der Waals surface area contributed by atoms with Crippen LogP contribution < -0.4 is 5.63 Å². The Morgan fingerprint density at radius 2 is 1.96 bits per heavy atom. The first-order valence-corrected chi connectivity index (χ1v) is 7.58. The number of carbonyl (C=O) groups is 1. The third-order valence-electron chi connectivity index (χ3n) is 4.02. The van der Waals surface area contributed by atoms with Crippen LogP contribution >= 0.6 is 0 Å². The van der Waals surface area contributed by atoms with Gasteiger partial charge in [0.1, 0.15) is 12.2 Å². The normalized spacial score (nSPS) is 10.8. The minimum atomic E-state index is -0.479. The number of benzene rings is 1. The standard InChI is InChI=1S/C19H17NO4/c1-11-4-7-16-15(8-17(21)24-18(16)13(11)3)10-23-19(22)14-6-5-12(2)20-9-14/h4-9H,10H2,1-3H3. The molecule has 0 atom stereocenters. The van der Waals surface area contributed by atoms with Crippen molar-refractivity contribution < 1.29 is 13.9 Å². The molecule has 0 amide bonds. The van der Waals surface area contributed by atoms with Crippen molar-refractivity contribution in [3.05, 3.63) is 74.9 Å². The largest absolute Gasteiger partial charge is 0.457 e. The second-order valence-electron chi connectivity index (χ2n) is 5.74. The first-order chi connectivity index (χ1) is 11.5. The van der Waals surface area contributed by atoms with E-state index in [1.54, 1.807) is 12.1 Å². The highest BCUT2D eigenvalue weighted by Crippen LogP contribution is 2.23. The average Bonchev–Trinajstić information content (AvgIpc) is 2.56. The summed E-state index contributed by atoms with van der Waals surface area (Å²) in [4.78, 5) is 28.0. The number of esters is 1. The van der Waals surface area contributed by atoms with E-state index in [4.69, 9.17) is 9.15 Å². The number of pyridine rings is 1. The van der Waals surface area contributed by atoms with E-state index < -0.39 is 11.6 Å². The van der Waals surface area contributed by atoms with Crippen LogP contribution in [0, 0.1) is 20.8 Å². The molecule has 0 bridgehead atoms. The van der Waals surface area contributed by atoms with Gasteiger partial charge in [-0.15, -0.1) is 0 Å². The van der Waals surface area contributed by atoms with Gasteiger partial charge >= 0.3 is 11.6 Å². The monoisotopic (exact) mass is 323 g/mol. The number of ether oxygens (including phenoxy) is 1. The molecule has 0 aliphatic carbocycles. The summed E-state index contributed by atoms with van der Waals surface area (Å²) < 4.78 is 10.6. The molecule has 0 aliphatic heterocycles. The fraction of sp³-hybridized carbons (Fsp3) is 0.211. The molecule has 0 spiro atoms. The van der Waals surface area contributed by atoms with Gasteiger partial charge in [0.2, 0.25) is 0 Å². The number of nitrogens with zero attached hydrogens (tertiary/aromatic N) is 1. The molecule has 0 N–H and O–H groups in total. The van der Waals surface area contributed by atoms with Crippen LogP contribution in [0.4, 0.5) is 0 Å². The third-order valence-corrected chi connectivity index (χ3v) is 4.02. The number of fused-ring (bicyclic) bond motifs is 1. The minimum Gasteiger partial charge on any atom is -0.457 e. The number of hydrogen-bond acceptors (Lipinski definition) is 5. The van der Waals surface area contributed by atoms with Crippen LogP contribution in [0.25, 0.3) is 11.0 Å². The number of aromatic nitrogens is 1. The Bertz CT molecular complexity index is 971. The van der Waals surface area contributed by atoms with E-state index >= 15 is 0 Å². The number of aryl methyl sites for hydroxylation is 3. The molecule has 1 aromatic carbocycles. The maximum absolute atomic E-state index is 12.1. The van der Waals surface area contributed by atoms with E-state index in [0.29, 0.717) is 16.7 Å². The molecule has 0 radical (unpaired) electrons. The molecule has 0 saturated heterocycles. The predicted octanol–water partition coefficient (Wildman–Crippen LogP) is 3.47. The lowest BCUT2D eigenvalue weighted by molar-refractivity contribution is 0.0473. The van der Waals surface area contributed by atoms with E-state index in [9.17, 15) is 9.59 Å². The van der Waals surface area contributed by atoms with Crippen molar-refractivity contribution in [2.75, 3.05) is 0 Å².